The number of aryl methyl sites for hydroxylation is 1. The van der Waals surface area contributed by atoms with Crippen LogP contribution in [-0.2, 0) is 4.79 Å². The van der Waals surface area contributed by atoms with Gasteiger partial charge in [-0.1, -0.05) is 29.3 Å². The number of nitrogens with zero attached hydrogens (tertiary/aromatic N) is 2. The molecule has 0 spiro atoms. The third-order valence-electron chi connectivity index (χ3n) is 4.80. The minimum Gasteiger partial charge on any atom is -0.492 e. The van der Waals surface area contributed by atoms with Crippen LogP contribution in [0, 0.1) is 17.0 Å². The number of benzene rings is 2. The van der Waals surface area contributed by atoms with Crippen molar-refractivity contribution in [3.63, 3.8) is 0 Å². The quantitative estimate of drug-likeness (QED) is 0.232. The van der Waals surface area contributed by atoms with Gasteiger partial charge in [0.25, 0.3) is 16.8 Å². The summed E-state index contributed by atoms with van der Waals surface area (Å²) < 4.78 is 11.3. The number of ether oxygens (including phenoxy) is 1. The van der Waals surface area contributed by atoms with E-state index < -0.39 is 16.1 Å². The van der Waals surface area contributed by atoms with Crippen LogP contribution in [-0.4, -0.2) is 34.1 Å². The Labute approximate surface area is 197 Å². The van der Waals surface area contributed by atoms with Crippen LogP contribution in [0.25, 0.3) is 17.4 Å². The molecule has 2 amide bonds. The summed E-state index contributed by atoms with van der Waals surface area (Å²) in [5, 5.41) is 11.2. The monoisotopic (exact) mass is 484 g/mol. The molecule has 0 N–H and O–H groups in total. The molecule has 10 heteroatoms. The Bertz CT molecular complexity index is 1270. The molecule has 2 aromatic carbocycles. The van der Waals surface area contributed by atoms with Gasteiger partial charge in [0.05, 0.1) is 21.9 Å². The molecule has 4 rings (SSSR count). The standard InChI is InChI=1S/C23H17ClN2O6S/c1-14-2-5-16(6-3-14)31-11-10-25-22(27)21(33-23(25)28)13-17-7-9-20(32-17)18-8-4-15(24)12-19(18)26(29)30/h2-9,12-13H,10-11H2,1H3/b21-13-. The van der Waals surface area contributed by atoms with Crippen LogP contribution in [0.2, 0.25) is 5.02 Å². The summed E-state index contributed by atoms with van der Waals surface area (Å²) in [6, 6.07) is 14.8. The number of carbonyl (C=O) groups is 2. The zero-order valence-corrected chi connectivity index (χ0v) is 18.9. The van der Waals surface area contributed by atoms with Crippen molar-refractivity contribution in [2.24, 2.45) is 0 Å². The zero-order chi connectivity index (χ0) is 23.5. The second-order valence-corrected chi connectivity index (χ2v) is 8.55. The minimum absolute atomic E-state index is 0.107. The van der Waals surface area contributed by atoms with Gasteiger partial charge in [0.15, 0.2) is 0 Å². The number of hydrogen-bond donors (Lipinski definition) is 0. The fourth-order valence-corrected chi connectivity index (χ4v) is 4.16. The van der Waals surface area contributed by atoms with E-state index in [-0.39, 0.29) is 45.9 Å². The third-order valence-corrected chi connectivity index (χ3v) is 5.94. The van der Waals surface area contributed by atoms with Crippen molar-refractivity contribution in [2.45, 2.75) is 6.92 Å². The van der Waals surface area contributed by atoms with Gasteiger partial charge >= 0.3 is 0 Å². The maximum atomic E-state index is 12.7. The van der Waals surface area contributed by atoms with E-state index in [0.717, 1.165) is 22.2 Å². The fourth-order valence-electron chi connectivity index (χ4n) is 3.15. The summed E-state index contributed by atoms with van der Waals surface area (Å²) in [6.45, 7) is 2.24. The molecule has 0 unspecified atom stereocenters. The van der Waals surface area contributed by atoms with Gasteiger partial charge in [0.1, 0.15) is 23.9 Å². The topological polar surface area (TPSA) is 103 Å². The average Bonchev–Trinajstić information content (AvgIpc) is 3.35. The van der Waals surface area contributed by atoms with Crippen LogP contribution in [0.3, 0.4) is 0 Å². The number of rotatable bonds is 7. The number of furan rings is 1. The highest BCUT2D eigenvalue weighted by molar-refractivity contribution is 8.18. The summed E-state index contributed by atoms with van der Waals surface area (Å²) in [5.41, 5.74) is 1.16. The lowest BCUT2D eigenvalue weighted by Crippen LogP contribution is -2.32. The highest BCUT2D eigenvalue weighted by Gasteiger charge is 2.35. The molecule has 2 heterocycles. The van der Waals surface area contributed by atoms with E-state index in [1.165, 1.54) is 24.3 Å². The van der Waals surface area contributed by atoms with E-state index in [9.17, 15) is 19.7 Å². The smallest absolute Gasteiger partial charge is 0.293 e. The molecule has 3 aromatic rings. The second-order valence-electron chi connectivity index (χ2n) is 7.12. The molecule has 0 aliphatic carbocycles. The molecule has 0 radical (unpaired) electrons. The van der Waals surface area contributed by atoms with Crippen LogP contribution < -0.4 is 4.74 Å². The molecule has 1 saturated heterocycles. The van der Waals surface area contributed by atoms with Gasteiger partial charge < -0.3 is 9.15 Å². The predicted molar refractivity (Wildman–Crippen MR) is 125 cm³/mol. The summed E-state index contributed by atoms with van der Waals surface area (Å²) in [7, 11) is 0. The summed E-state index contributed by atoms with van der Waals surface area (Å²) in [4.78, 5) is 37.1. The van der Waals surface area contributed by atoms with Gasteiger partial charge in [0, 0.05) is 17.2 Å². The van der Waals surface area contributed by atoms with Gasteiger partial charge in [-0.15, -0.1) is 0 Å². The molecule has 1 aliphatic heterocycles. The van der Waals surface area contributed by atoms with Crippen molar-refractivity contribution in [1.29, 1.82) is 0 Å². The highest BCUT2D eigenvalue weighted by Crippen LogP contribution is 2.36. The van der Waals surface area contributed by atoms with Crippen molar-refractivity contribution >= 4 is 46.3 Å². The van der Waals surface area contributed by atoms with Gasteiger partial charge in [-0.2, -0.15) is 0 Å². The molecule has 33 heavy (non-hydrogen) atoms. The van der Waals surface area contributed by atoms with Crippen LogP contribution in [0.4, 0.5) is 10.5 Å². The number of carbonyl (C=O) groups excluding carboxylic acids is 2. The molecule has 1 aromatic heterocycles. The number of amides is 2. The van der Waals surface area contributed by atoms with Crippen molar-refractivity contribution < 1.29 is 23.7 Å². The predicted octanol–water partition coefficient (Wildman–Crippen LogP) is 5.93. The summed E-state index contributed by atoms with van der Waals surface area (Å²) >= 11 is 6.65. The lowest BCUT2D eigenvalue weighted by Gasteiger charge is -2.13. The molecular formula is C23H17ClN2O6S. The Hall–Kier alpha value is -3.56. The zero-order valence-electron chi connectivity index (χ0n) is 17.3. The number of nitro benzene ring substituents is 1. The molecule has 1 aliphatic rings. The minimum atomic E-state index is -0.548. The van der Waals surface area contributed by atoms with E-state index in [4.69, 9.17) is 20.8 Å². The molecule has 0 atom stereocenters. The Kier molecular flexibility index (Phi) is 6.52. The first-order chi connectivity index (χ1) is 15.8. The first-order valence-corrected chi connectivity index (χ1v) is 11.0. The molecule has 0 saturated carbocycles. The van der Waals surface area contributed by atoms with Crippen LogP contribution in [0.1, 0.15) is 11.3 Å². The summed E-state index contributed by atoms with van der Waals surface area (Å²) in [6.07, 6.45) is 1.44. The van der Waals surface area contributed by atoms with Crippen molar-refractivity contribution in [2.75, 3.05) is 13.2 Å². The van der Waals surface area contributed by atoms with E-state index in [0.29, 0.717) is 5.75 Å². The Morgan fingerprint density at radius 3 is 2.64 bits per heavy atom. The van der Waals surface area contributed by atoms with Gasteiger partial charge in [-0.25, -0.2) is 0 Å². The summed E-state index contributed by atoms with van der Waals surface area (Å²) in [5.74, 6) is 0.737. The number of thioether (sulfide) groups is 1. The highest BCUT2D eigenvalue weighted by atomic mass is 35.5. The van der Waals surface area contributed by atoms with Crippen LogP contribution >= 0.6 is 23.4 Å². The van der Waals surface area contributed by atoms with E-state index >= 15 is 0 Å². The molecule has 1 fully saturated rings. The van der Waals surface area contributed by atoms with Crippen molar-refractivity contribution in [3.05, 3.63) is 86.0 Å². The molecule has 0 bridgehead atoms. The largest absolute Gasteiger partial charge is 0.492 e. The third kappa shape index (κ3) is 5.10. The molecular weight excluding hydrogens is 468 g/mol. The first kappa shape index (κ1) is 22.6. The van der Waals surface area contributed by atoms with Crippen LogP contribution in [0.15, 0.2) is 63.9 Å². The van der Waals surface area contributed by atoms with Gasteiger partial charge in [-0.05, 0) is 55.1 Å². The van der Waals surface area contributed by atoms with Crippen molar-refractivity contribution in [1.82, 2.24) is 4.90 Å². The average molecular weight is 485 g/mol. The Morgan fingerprint density at radius 2 is 1.91 bits per heavy atom. The normalized spacial score (nSPS) is 14.8. The van der Waals surface area contributed by atoms with E-state index in [1.807, 2.05) is 31.2 Å². The van der Waals surface area contributed by atoms with Crippen molar-refractivity contribution in [3.8, 4) is 17.1 Å². The van der Waals surface area contributed by atoms with E-state index in [2.05, 4.69) is 0 Å². The van der Waals surface area contributed by atoms with Gasteiger partial charge in [-0.3, -0.25) is 24.6 Å². The Morgan fingerprint density at radius 1 is 1.15 bits per heavy atom. The number of imide groups is 1. The maximum Gasteiger partial charge on any atom is 0.293 e. The maximum absolute atomic E-state index is 12.7. The second kappa shape index (κ2) is 9.51. The Balaban J connectivity index is 1.45. The lowest BCUT2D eigenvalue weighted by molar-refractivity contribution is -0.384. The number of halogens is 1. The first-order valence-electron chi connectivity index (χ1n) is 9.81. The lowest BCUT2D eigenvalue weighted by atomic mass is 10.1. The van der Waals surface area contributed by atoms with E-state index in [1.54, 1.807) is 12.1 Å². The fraction of sp³-hybridized carbons (Fsp3) is 0.130. The molecule has 8 nitrogen and oxygen atoms in total. The SMILES string of the molecule is Cc1ccc(OCCN2C(=O)S/C(=C\c3ccc(-c4ccc(Cl)cc4[N+](=O)[O-])o3)C2=O)cc1. The number of hydrogen-bond acceptors (Lipinski definition) is 7. The van der Waals surface area contributed by atoms with Crippen LogP contribution in [0.5, 0.6) is 5.75 Å². The number of nitro groups is 1. The van der Waals surface area contributed by atoms with Gasteiger partial charge in [0.2, 0.25) is 0 Å². The molecule has 168 valence electrons.